The van der Waals surface area contributed by atoms with Gasteiger partial charge < -0.3 is 15.0 Å². The Morgan fingerprint density at radius 2 is 2.44 bits per heavy atom. The number of carbonyl (C=O) groups is 1. The summed E-state index contributed by atoms with van der Waals surface area (Å²) < 4.78 is 7.14. The summed E-state index contributed by atoms with van der Waals surface area (Å²) in [6.07, 6.45) is 2.99. The van der Waals surface area contributed by atoms with Gasteiger partial charge in [0.25, 0.3) is 0 Å². The smallest absolute Gasteiger partial charge is 0.317 e. The van der Waals surface area contributed by atoms with Crippen LogP contribution in [0.1, 0.15) is 18.0 Å². The monoisotopic (exact) mass is 251 g/mol. The molecule has 0 radical (unpaired) electrons. The number of hydrogen-bond donors (Lipinski definition) is 1. The molecule has 1 atom stereocenters. The van der Waals surface area contributed by atoms with E-state index in [1.54, 1.807) is 9.58 Å². The molecule has 1 aromatic heterocycles. The highest BCUT2D eigenvalue weighted by molar-refractivity contribution is 5.76. The molecule has 2 saturated heterocycles. The third kappa shape index (κ3) is 2.31. The van der Waals surface area contributed by atoms with Crippen molar-refractivity contribution in [1.29, 1.82) is 0 Å². The maximum atomic E-state index is 11.4. The molecule has 2 amide bonds. The summed E-state index contributed by atoms with van der Waals surface area (Å²) >= 11 is 0. The topological polar surface area (TPSA) is 72.3 Å². The van der Waals surface area contributed by atoms with Crippen LogP contribution in [-0.4, -0.2) is 58.8 Å². The van der Waals surface area contributed by atoms with Crippen LogP contribution >= 0.6 is 0 Å². The molecule has 2 fully saturated rings. The SMILES string of the molecule is O=C1NCCN1CCn1cc([C@H]2CCOC2)nn1. The minimum absolute atomic E-state index is 0.0135. The number of carbonyl (C=O) groups excluding carboxylic acids is 1. The van der Waals surface area contributed by atoms with E-state index in [0.29, 0.717) is 19.0 Å². The fourth-order valence-corrected chi connectivity index (χ4v) is 2.33. The number of ether oxygens (including phenoxy) is 1. The summed E-state index contributed by atoms with van der Waals surface area (Å²) in [6, 6.07) is 0.0135. The van der Waals surface area contributed by atoms with Gasteiger partial charge in [0, 0.05) is 38.4 Å². The Bertz CT molecular complexity index is 427. The van der Waals surface area contributed by atoms with Gasteiger partial charge in [-0.3, -0.25) is 4.68 Å². The van der Waals surface area contributed by atoms with Gasteiger partial charge in [0.15, 0.2) is 0 Å². The summed E-state index contributed by atoms with van der Waals surface area (Å²) in [4.78, 5) is 13.2. The van der Waals surface area contributed by atoms with Crippen LogP contribution in [0.2, 0.25) is 0 Å². The zero-order valence-electron chi connectivity index (χ0n) is 10.2. The Labute approximate surface area is 105 Å². The van der Waals surface area contributed by atoms with Gasteiger partial charge in [-0.05, 0) is 6.42 Å². The minimum atomic E-state index is 0.0135. The Morgan fingerprint density at radius 3 is 3.17 bits per heavy atom. The fraction of sp³-hybridized carbons (Fsp3) is 0.727. The number of aromatic nitrogens is 3. The van der Waals surface area contributed by atoms with Crippen LogP contribution in [-0.2, 0) is 11.3 Å². The molecule has 0 aromatic carbocycles. The van der Waals surface area contributed by atoms with Crippen molar-refractivity contribution in [2.24, 2.45) is 0 Å². The molecule has 0 spiro atoms. The van der Waals surface area contributed by atoms with E-state index in [1.807, 2.05) is 6.20 Å². The molecule has 1 aromatic rings. The lowest BCUT2D eigenvalue weighted by molar-refractivity contribution is 0.193. The van der Waals surface area contributed by atoms with Crippen LogP contribution < -0.4 is 5.32 Å². The van der Waals surface area contributed by atoms with E-state index >= 15 is 0 Å². The molecule has 98 valence electrons. The molecular weight excluding hydrogens is 234 g/mol. The van der Waals surface area contributed by atoms with Gasteiger partial charge in [-0.1, -0.05) is 5.21 Å². The Morgan fingerprint density at radius 1 is 1.50 bits per heavy atom. The Hall–Kier alpha value is -1.63. The summed E-state index contributed by atoms with van der Waals surface area (Å²) in [5, 5.41) is 11.1. The van der Waals surface area contributed by atoms with Crippen molar-refractivity contribution < 1.29 is 9.53 Å². The van der Waals surface area contributed by atoms with Crippen LogP contribution in [0.25, 0.3) is 0 Å². The van der Waals surface area contributed by atoms with Gasteiger partial charge in [-0.25, -0.2) is 4.79 Å². The highest BCUT2D eigenvalue weighted by atomic mass is 16.5. The summed E-state index contributed by atoms with van der Waals surface area (Å²) in [7, 11) is 0. The number of urea groups is 1. The van der Waals surface area contributed by atoms with Gasteiger partial charge in [0.2, 0.25) is 0 Å². The number of amides is 2. The van der Waals surface area contributed by atoms with E-state index in [0.717, 1.165) is 38.4 Å². The summed E-state index contributed by atoms with van der Waals surface area (Å²) in [5.41, 5.74) is 0.998. The second kappa shape index (κ2) is 4.93. The van der Waals surface area contributed by atoms with Crippen LogP contribution in [0, 0.1) is 0 Å². The lowest BCUT2D eigenvalue weighted by Crippen LogP contribution is -2.31. The molecule has 0 saturated carbocycles. The first-order valence-electron chi connectivity index (χ1n) is 6.33. The van der Waals surface area contributed by atoms with Crippen molar-refractivity contribution in [1.82, 2.24) is 25.2 Å². The standard InChI is InChI=1S/C11H17N5O2/c17-11-12-2-3-15(11)4-5-16-7-10(13-14-16)9-1-6-18-8-9/h7,9H,1-6,8H2,(H,12,17)/t9-/m0/s1. The van der Waals surface area contributed by atoms with E-state index in [9.17, 15) is 4.79 Å². The van der Waals surface area contributed by atoms with Crippen molar-refractivity contribution >= 4 is 6.03 Å². The van der Waals surface area contributed by atoms with Crippen molar-refractivity contribution in [3.63, 3.8) is 0 Å². The maximum absolute atomic E-state index is 11.4. The molecule has 7 nitrogen and oxygen atoms in total. The highest BCUT2D eigenvalue weighted by Crippen LogP contribution is 2.22. The number of nitrogens with zero attached hydrogens (tertiary/aromatic N) is 4. The quantitative estimate of drug-likeness (QED) is 0.805. The van der Waals surface area contributed by atoms with E-state index in [-0.39, 0.29) is 6.03 Å². The van der Waals surface area contributed by atoms with Gasteiger partial charge in [0.05, 0.1) is 18.8 Å². The summed E-state index contributed by atoms with van der Waals surface area (Å²) in [5.74, 6) is 0.383. The predicted molar refractivity (Wildman–Crippen MR) is 63.2 cm³/mol. The molecular formula is C11H17N5O2. The minimum Gasteiger partial charge on any atom is -0.381 e. The molecule has 18 heavy (non-hydrogen) atoms. The van der Waals surface area contributed by atoms with Crippen LogP contribution in [0.4, 0.5) is 4.79 Å². The molecule has 7 heteroatoms. The van der Waals surface area contributed by atoms with Gasteiger partial charge in [-0.15, -0.1) is 5.10 Å². The van der Waals surface area contributed by atoms with Crippen LogP contribution in [0.3, 0.4) is 0 Å². The van der Waals surface area contributed by atoms with Crippen LogP contribution in [0.15, 0.2) is 6.20 Å². The van der Waals surface area contributed by atoms with Gasteiger partial charge in [0.1, 0.15) is 0 Å². The fourth-order valence-electron chi connectivity index (χ4n) is 2.33. The van der Waals surface area contributed by atoms with E-state index < -0.39 is 0 Å². The second-order valence-electron chi connectivity index (χ2n) is 4.69. The number of rotatable bonds is 4. The maximum Gasteiger partial charge on any atom is 0.317 e. The first kappa shape index (κ1) is 11.5. The lowest BCUT2D eigenvalue weighted by atomic mass is 10.1. The molecule has 3 rings (SSSR count). The van der Waals surface area contributed by atoms with E-state index in [1.165, 1.54) is 0 Å². The molecule has 0 unspecified atom stereocenters. The molecule has 0 bridgehead atoms. The first-order chi connectivity index (χ1) is 8.83. The number of nitrogens with one attached hydrogen (secondary N) is 1. The van der Waals surface area contributed by atoms with Gasteiger partial charge >= 0.3 is 6.03 Å². The van der Waals surface area contributed by atoms with Crippen molar-refractivity contribution in [2.75, 3.05) is 32.8 Å². The normalized spacial score (nSPS) is 23.7. The average Bonchev–Trinajstić information content (AvgIpc) is 3.08. The van der Waals surface area contributed by atoms with Gasteiger partial charge in [-0.2, -0.15) is 0 Å². The predicted octanol–water partition coefficient (Wildman–Crippen LogP) is -0.193. The Balaban J connectivity index is 1.55. The second-order valence-corrected chi connectivity index (χ2v) is 4.69. The molecule has 1 N–H and O–H groups in total. The zero-order chi connectivity index (χ0) is 12.4. The summed E-state index contributed by atoms with van der Waals surface area (Å²) in [6.45, 7) is 4.43. The zero-order valence-corrected chi connectivity index (χ0v) is 10.2. The third-order valence-electron chi connectivity index (χ3n) is 3.45. The van der Waals surface area contributed by atoms with Crippen molar-refractivity contribution in [2.45, 2.75) is 18.9 Å². The Kier molecular flexibility index (Phi) is 3.14. The molecule has 3 heterocycles. The van der Waals surface area contributed by atoms with E-state index in [4.69, 9.17) is 4.74 Å². The van der Waals surface area contributed by atoms with E-state index in [2.05, 4.69) is 15.6 Å². The number of hydrogen-bond acceptors (Lipinski definition) is 4. The lowest BCUT2D eigenvalue weighted by Gasteiger charge is -2.13. The largest absolute Gasteiger partial charge is 0.381 e. The third-order valence-corrected chi connectivity index (χ3v) is 3.45. The van der Waals surface area contributed by atoms with Crippen molar-refractivity contribution in [3.8, 4) is 0 Å². The molecule has 2 aliphatic heterocycles. The first-order valence-corrected chi connectivity index (χ1v) is 6.33. The van der Waals surface area contributed by atoms with Crippen LogP contribution in [0.5, 0.6) is 0 Å². The average molecular weight is 251 g/mol. The molecule has 0 aliphatic carbocycles. The molecule has 2 aliphatic rings. The highest BCUT2D eigenvalue weighted by Gasteiger charge is 2.22. The van der Waals surface area contributed by atoms with Crippen molar-refractivity contribution in [3.05, 3.63) is 11.9 Å².